The summed E-state index contributed by atoms with van der Waals surface area (Å²) in [7, 11) is -5.97. The van der Waals surface area contributed by atoms with E-state index in [1.165, 1.54) is 31.3 Å². The molecule has 0 saturated heterocycles. The first kappa shape index (κ1) is 21.0. The van der Waals surface area contributed by atoms with Crippen molar-refractivity contribution in [1.82, 2.24) is 4.31 Å². The molecule has 0 amide bonds. The summed E-state index contributed by atoms with van der Waals surface area (Å²) in [5.74, 6) is 0. The Morgan fingerprint density at radius 2 is 1.59 bits per heavy atom. The third-order valence-corrected chi connectivity index (χ3v) is 7.57. The lowest BCUT2D eigenvalue weighted by Crippen LogP contribution is -2.30. The van der Waals surface area contributed by atoms with Crippen molar-refractivity contribution in [2.75, 3.05) is 13.3 Å². The van der Waals surface area contributed by atoms with Crippen molar-refractivity contribution < 1.29 is 21.8 Å². The molecule has 0 N–H and O–H groups in total. The quantitative estimate of drug-likeness (QED) is 0.532. The van der Waals surface area contributed by atoms with E-state index in [-0.39, 0.29) is 15.5 Å². The zero-order valence-electron chi connectivity index (χ0n) is 15.3. The number of sulfone groups is 1. The van der Waals surface area contributed by atoms with Crippen LogP contribution in [0.4, 0.5) is 5.69 Å². The van der Waals surface area contributed by atoms with Gasteiger partial charge in [0.2, 0.25) is 10.0 Å². The number of non-ortho nitro benzene ring substituents is 1. The predicted octanol–water partition coefficient (Wildman–Crippen LogP) is 2.69. The zero-order valence-corrected chi connectivity index (χ0v) is 16.9. The highest BCUT2D eigenvalue weighted by Crippen LogP contribution is 2.30. The minimum absolute atomic E-state index is 0.137. The minimum atomic E-state index is -4.00. The van der Waals surface area contributed by atoms with E-state index in [2.05, 4.69) is 0 Å². The molecular formula is C17H20N2O6S2. The second-order valence-electron chi connectivity index (χ2n) is 6.25. The first-order valence-corrected chi connectivity index (χ1v) is 11.2. The Kier molecular flexibility index (Phi) is 5.74. The number of hydrogen-bond acceptors (Lipinski definition) is 6. The highest BCUT2D eigenvalue weighted by molar-refractivity contribution is 7.90. The molecule has 0 aliphatic rings. The van der Waals surface area contributed by atoms with E-state index >= 15 is 0 Å². The van der Waals surface area contributed by atoms with Crippen LogP contribution in [0.25, 0.3) is 0 Å². The van der Waals surface area contributed by atoms with Crippen molar-refractivity contribution in [1.29, 1.82) is 0 Å². The number of nitro groups is 1. The van der Waals surface area contributed by atoms with E-state index in [1.807, 2.05) is 0 Å². The Labute approximate surface area is 158 Å². The Balaban J connectivity index is 2.42. The zero-order chi connectivity index (χ0) is 20.6. The number of sulfonamides is 1. The highest BCUT2D eigenvalue weighted by Gasteiger charge is 2.29. The van der Waals surface area contributed by atoms with E-state index < -0.39 is 30.8 Å². The van der Waals surface area contributed by atoms with E-state index in [9.17, 15) is 26.9 Å². The second-order valence-corrected chi connectivity index (χ2v) is 10.2. The van der Waals surface area contributed by atoms with Crippen LogP contribution in [0.2, 0.25) is 0 Å². The molecule has 0 aromatic heterocycles. The molecular weight excluding hydrogens is 392 g/mol. The van der Waals surface area contributed by atoms with Gasteiger partial charge in [0.05, 0.1) is 14.7 Å². The van der Waals surface area contributed by atoms with Gasteiger partial charge in [0, 0.05) is 31.5 Å². The number of rotatable bonds is 6. The number of benzene rings is 2. The van der Waals surface area contributed by atoms with Crippen molar-refractivity contribution in [2.24, 2.45) is 0 Å². The molecule has 27 heavy (non-hydrogen) atoms. The summed E-state index contributed by atoms with van der Waals surface area (Å²) in [6, 6.07) is 9.01. The normalized spacial score (nSPS) is 13.5. The molecule has 8 nitrogen and oxygen atoms in total. The number of hydrogen-bond donors (Lipinski definition) is 0. The molecule has 10 heteroatoms. The van der Waals surface area contributed by atoms with Gasteiger partial charge in [-0.1, -0.05) is 18.2 Å². The molecule has 0 heterocycles. The van der Waals surface area contributed by atoms with Gasteiger partial charge >= 0.3 is 0 Å². The average molecular weight is 412 g/mol. The van der Waals surface area contributed by atoms with Crippen molar-refractivity contribution in [3.8, 4) is 0 Å². The molecule has 2 aromatic rings. The SMILES string of the molecule is Cc1ccc([N+](=O)[O-])cc1S(=O)(=O)N(C)[C@H](C)c1ccc(S(C)(=O)=O)cc1. The molecule has 0 bridgehead atoms. The largest absolute Gasteiger partial charge is 0.270 e. The first-order chi connectivity index (χ1) is 12.4. The van der Waals surface area contributed by atoms with Gasteiger partial charge in [-0.3, -0.25) is 10.1 Å². The molecule has 0 fully saturated rings. The number of aryl methyl sites for hydroxylation is 1. The second kappa shape index (κ2) is 7.37. The standard InChI is InChI=1S/C17H20N2O6S2/c1-12-5-8-15(19(20)21)11-17(12)27(24,25)18(3)13(2)14-6-9-16(10-7-14)26(4,22)23/h5-11,13H,1-4H3/t13-/m1/s1. The summed E-state index contributed by atoms with van der Waals surface area (Å²) in [6.07, 6.45) is 1.09. The van der Waals surface area contributed by atoms with Crippen LogP contribution in [0.3, 0.4) is 0 Å². The van der Waals surface area contributed by atoms with Crippen LogP contribution in [-0.4, -0.2) is 39.4 Å². The highest BCUT2D eigenvalue weighted by atomic mass is 32.2. The van der Waals surface area contributed by atoms with Crippen LogP contribution in [0, 0.1) is 17.0 Å². The van der Waals surface area contributed by atoms with Gasteiger partial charge in [-0.05, 0) is 37.1 Å². The fraction of sp³-hybridized carbons (Fsp3) is 0.294. The van der Waals surface area contributed by atoms with Gasteiger partial charge in [0.15, 0.2) is 9.84 Å². The summed E-state index contributed by atoms with van der Waals surface area (Å²) >= 11 is 0. The number of nitrogens with zero attached hydrogens (tertiary/aromatic N) is 2. The summed E-state index contributed by atoms with van der Waals surface area (Å²) in [6.45, 7) is 3.22. The lowest BCUT2D eigenvalue weighted by molar-refractivity contribution is -0.385. The maximum atomic E-state index is 13.0. The molecule has 2 rings (SSSR count). The van der Waals surface area contributed by atoms with Crippen LogP contribution in [0.1, 0.15) is 24.1 Å². The van der Waals surface area contributed by atoms with Crippen LogP contribution in [0.5, 0.6) is 0 Å². The summed E-state index contributed by atoms with van der Waals surface area (Å²) < 4.78 is 50.2. The molecule has 0 aliphatic carbocycles. The van der Waals surface area contributed by atoms with E-state index in [4.69, 9.17) is 0 Å². The molecule has 146 valence electrons. The van der Waals surface area contributed by atoms with Gasteiger partial charge in [-0.15, -0.1) is 0 Å². The predicted molar refractivity (Wildman–Crippen MR) is 101 cm³/mol. The fourth-order valence-electron chi connectivity index (χ4n) is 2.55. The van der Waals surface area contributed by atoms with Crippen molar-refractivity contribution in [3.05, 3.63) is 63.7 Å². The Morgan fingerprint density at radius 3 is 2.07 bits per heavy atom. The van der Waals surface area contributed by atoms with Gasteiger partial charge in [-0.25, -0.2) is 16.8 Å². The monoisotopic (exact) mass is 412 g/mol. The fourth-order valence-corrected chi connectivity index (χ4v) is 4.77. The maximum Gasteiger partial charge on any atom is 0.270 e. The first-order valence-electron chi connectivity index (χ1n) is 7.89. The van der Waals surface area contributed by atoms with E-state index in [0.717, 1.165) is 16.6 Å². The Bertz CT molecular complexity index is 1080. The molecule has 0 radical (unpaired) electrons. The van der Waals surface area contributed by atoms with Crippen molar-refractivity contribution in [3.63, 3.8) is 0 Å². The van der Waals surface area contributed by atoms with E-state index in [0.29, 0.717) is 11.1 Å². The smallest absolute Gasteiger partial charge is 0.258 e. The molecule has 1 atom stereocenters. The third kappa shape index (κ3) is 4.34. The average Bonchev–Trinajstić information content (AvgIpc) is 2.59. The van der Waals surface area contributed by atoms with Crippen LogP contribution in [-0.2, 0) is 19.9 Å². The van der Waals surface area contributed by atoms with Crippen molar-refractivity contribution >= 4 is 25.5 Å². The van der Waals surface area contributed by atoms with Gasteiger partial charge in [0.1, 0.15) is 0 Å². The van der Waals surface area contributed by atoms with Gasteiger partial charge in [0.25, 0.3) is 5.69 Å². The lowest BCUT2D eigenvalue weighted by atomic mass is 10.1. The van der Waals surface area contributed by atoms with Gasteiger partial charge < -0.3 is 0 Å². The van der Waals surface area contributed by atoms with E-state index in [1.54, 1.807) is 26.0 Å². The van der Waals surface area contributed by atoms with Crippen molar-refractivity contribution in [2.45, 2.75) is 29.7 Å². The topological polar surface area (TPSA) is 115 Å². The Morgan fingerprint density at radius 1 is 1.04 bits per heavy atom. The summed E-state index contributed by atoms with van der Waals surface area (Å²) in [5, 5.41) is 11.0. The Hall–Kier alpha value is -2.30. The molecule has 0 saturated carbocycles. The van der Waals surface area contributed by atoms with Crippen LogP contribution < -0.4 is 0 Å². The van der Waals surface area contributed by atoms with Gasteiger partial charge in [-0.2, -0.15) is 4.31 Å². The summed E-state index contributed by atoms with van der Waals surface area (Å²) in [5.41, 5.74) is 0.682. The van der Waals surface area contributed by atoms with Crippen LogP contribution in [0.15, 0.2) is 52.3 Å². The molecule has 2 aromatic carbocycles. The lowest BCUT2D eigenvalue weighted by Gasteiger charge is -2.25. The minimum Gasteiger partial charge on any atom is -0.258 e. The maximum absolute atomic E-state index is 13.0. The van der Waals surface area contributed by atoms with Crippen LogP contribution >= 0.6 is 0 Å². The molecule has 0 unspecified atom stereocenters. The molecule has 0 spiro atoms. The number of nitro benzene ring substituents is 1. The summed E-state index contributed by atoms with van der Waals surface area (Å²) in [4.78, 5) is 10.3. The third-order valence-electron chi connectivity index (χ3n) is 4.38. The molecule has 0 aliphatic heterocycles.